The summed E-state index contributed by atoms with van der Waals surface area (Å²) in [4.78, 5) is 8.24. The molecule has 0 spiro atoms. The highest BCUT2D eigenvalue weighted by atomic mass is 16.5. The Hall–Kier alpha value is -1.94. The van der Waals surface area contributed by atoms with E-state index < -0.39 is 0 Å². The summed E-state index contributed by atoms with van der Waals surface area (Å²) >= 11 is 0. The van der Waals surface area contributed by atoms with Crippen LogP contribution in [0.1, 0.15) is 23.9 Å². The molecule has 1 heterocycles. The molecule has 1 aromatic heterocycles. The summed E-state index contributed by atoms with van der Waals surface area (Å²) in [5.74, 6) is 1.76. The highest BCUT2D eigenvalue weighted by Crippen LogP contribution is 2.23. The lowest BCUT2D eigenvalue weighted by atomic mass is 10.2. The van der Waals surface area contributed by atoms with Gasteiger partial charge in [0.05, 0.1) is 12.2 Å². The van der Waals surface area contributed by atoms with Crippen molar-refractivity contribution in [3.05, 3.63) is 47.4 Å². The lowest BCUT2D eigenvalue weighted by Gasteiger charge is -2.09. The number of rotatable bonds is 4. The van der Waals surface area contributed by atoms with Crippen LogP contribution in [-0.2, 0) is 13.0 Å². The zero-order valence-corrected chi connectivity index (χ0v) is 10.6. The minimum Gasteiger partial charge on any atom is -0.439 e. The third-order valence-electron chi connectivity index (χ3n) is 2.64. The molecule has 0 radical (unpaired) electrons. The van der Waals surface area contributed by atoms with Gasteiger partial charge in [-0.05, 0) is 31.0 Å². The number of nitrogens with zero attached hydrogens (tertiary/aromatic N) is 2. The van der Waals surface area contributed by atoms with Crippen LogP contribution < -0.4 is 4.74 Å². The molecule has 0 aliphatic heterocycles. The summed E-state index contributed by atoms with van der Waals surface area (Å²) in [7, 11) is 0. The number of hydrogen-bond acceptors (Lipinski definition) is 4. The Morgan fingerprint density at radius 1 is 1.33 bits per heavy atom. The minimum absolute atomic E-state index is 0.136. The van der Waals surface area contributed by atoms with Crippen LogP contribution in [0.4, 0.5) is 0 Å². The van der Waals surface area contributed by atoms with Crippen LogP contribution >= 0.6 is 0 Å². The summed E-state index contributed by atoms with van der Waals surface area (Å²) in [6.45, 7) is 3.74. The highest BCUT2D eigenvalue weighted by Gasteiger charge is 2.07. The first kappa shape index (κ1) is 12.5. The molecule has 94 valence electrons. The SMILES string of the molecule is CCc1cccc(Oc2nc(C)ncc2CO)c1. The monoisotopic (exact) mass is 244 g/mol. The standard InChI is InChI=1S/C14H16N2O2/c1-3-11-5-4-6-13(7-11)18-14-12(9-17)8-15-10(2)16-14/h4-8,17H,3,9H2,1-2H3. The fourth-order valence-corrected chi connectivity index (χ4v) is 1.61. The minimum atomic E-state index is -0.136. The molecule has 0 saturated carbocycles. The van der Waals surface area contributed by atoms with Crippen LogP contribution in [0.2, 0.25) is 0 Å². The number of aliphatic hydroxyl groups excluding tert-OH is 1. The van der Waals surface area contributed by atoms with Crippen molar-refractivity contribution < 1.29 is 9.84 Å². The summed E-state index contributed by atoms with van der Waals surface area (Å²) in [5, 5.41) is 9.23. The van der Waals surface area contributed by atoms with Crippen molar-refractivity contribution in [2.45, 2.75) is 26.9 Å². The second-order valence-corrected chi connectivity index (χ2v) is 4.01. The molecule has 2 aromatic rings. The molecule has 2 rings (SSSR count). The molecule has 0 aliphatic rings. The smallest absolute Gasteiger partial charge is 0.228 e. The van der Waals surface area contributed by atoms with E-state index in [4.69, 9.17) is 4.74 Å². The first-order chi connectivity index (χ1) is 8.72. The molecule has 4 nitrogen and oxygen atoms in total. The molecular weight excluding hydrogens is 228 g/mol. The number of ether oxygens (including phenoxy) is 1. The van der Waals surface area contributed by atoms with E-state index in [9.17, 15) is 5.11 Å². The zero-order chi connectivity index (χ0) is 13.0. The van der Waals surface area contributed by atoms with Gasteiger partial charge in [-0.25, -0.2) is 4.98 Å². The van der Waals surface area contributed by atoms with Crippen LogP contribution in [0.15, 0.2) is 30.5 Å². The molecule has 0 fully saturated rings. The number of hydrogen-bond donors (Lipinski definition) is 1. The molecule has 0 atom stereocenters. The zero-order valence-electron chi connectivity index (χ0n) is 10.6. The van der Waals surface area contributed by atoms with Crippen LogP contribution in [0.5, 0.6) is 11.6 Å². The van der Waals surface area contributed by atoms with Gasteiger partial charge in [-0.2, -0.15) is 4.98 Å². The molecular formula is C14H16N2O2. The van der Waals surface area contributed by atoms with Crippen LogP contribution in [0, 0.1) is 6.92 Å². The fraction of sp³-hybridized carbons (Fsp3) is 0.286. The van der Waals surface area contributed by atoms with Crippen molar-refractivity contribution in [1.82, 2.24) is 9.97 Å². The predicted molar refractivity (Wildman–Crippen MR) is 68.6 cm³/mol. The van der Waals surface area contributed by atoms with Gasteiger partial charge in [-0.15, -0.1) is 0 Å². The van der Waals surface area contributed by atoms with Crippen molar-refractivity contribution in [3.8, 4) is 11.6 Å². The second-order valence-electron chi connectivity index (χ2n) is 4.01. The van der Waals surface area contributed by atoms with Gasteiger partial charge in [0.25, 0.3) is 0 Å². The summed E-state index contributed by atoms with van der Waals surface area (Å²) in [6, 6.07) is 7.84. The third kappa shape index (κ3) is 2.84. The van der Waals surface area contributed by atoms with Crippen molar-refractivity contribution >= 4 is 0 Å². The van der Waals surface area contributed by atoms with E-state index in [1.54, 1.807) is 13.1 Å². The average Bonchev–Trinajstić information content (AvgIpc) is 2.39. The Balaban J connectivity index is 2.29. The molecule has 4 heteroatoms. The fourth-order valence-electron chi connectivity index (χ4n) is 1.61. The Morgan fingerprint density at radius 2 is 2.17 bits per heavy atom. The topological polar surface area (TPSA) is 55.2 Å². The average molecular weight is 244 g/mol. The summed E-state index contributed by atoms with van der Waals surface area (Å²) in [5.41, 5.74) is 1.78. The van der Waals surface area contributed by atoms with Crippen molar-refractivity contribution in [2.75, 3.05) is 0 Å². The molecule has 1 N–H and O–H groups in total. The number of aliphatic hydroxyl groups is 1. The van der Waals surface area contributed by atoms with E-state index in [0.29, 0.717) is 17.3 Å². The van der Waals surface area contributed by atoms with Crippen molar-refractivity contribution in [2.24, 2.45) is 0 Å². The molecule has 1 aromatic carbocycles. The van der Waals surface area contributed by atoms with E-state index in [1.165, 1.54) is 5.56 Å². The summed E-state index contributed by atoms with van der Waals surface area (Å²) < 4.78 is 5.71. The Bertz CT molecular complexity index is 541. The normalized spacial score (nSPS) is 10.4. The van der Waals surface area contributed by atoms with Crippen LogP contribution in [0.25, 0.3) is 0 Å². The molecule has 0 saturated heterocycles. The first-order valence-electron chi connectivity index (χ1n) is 5.93. The van der Waals surface area contributed by atoms with Crippen molar-refractivity contribution in [1.29, 1.82) is 0 Å². The molecule has 0 unspecified atom stereocenters. The lowest BCUT2D eigenvalue weighted by Crippen LogP contribution is -1.99. The van der Waals surface area contributed by atoms with Gasteiger partial charge in [0.1, 0.15) is 11.6 Å². The van der Waals surface area contributed by atoms with E-state index in [-0.39, 0.29) is 6.61 Å². The lowest BCUT2D eigenvalue weighted by molar-refractivity contribution is 0.274. The van der Waals surface area contributed by atoms with Gasteiger partial charge < -0.3 is 9.84 Å². The Labute approximate surface area is 106 Å². The van der Waals surface area contributed by atoms with E-state index >= 15 is 0 Å². The van der Waals surface area contributed by atoms with Crippen LogP contribution in [-0.4, -0.2) is 15.1 Å². The number of aromatic nitrogens is 2. The largest absolute Gasteiger partial charge is 0.439 e. The van der Waals surface area contributed by atoms with Gasteiger partial charge in [0.15, 0.2) is 0 Å². The first-order valence-corrected chi connectivity index (χ1v) is 5.93. The van der Waals surface area contributed by atoms with Gasteiger partial charge in [0.2, 0.25) is 5.88 Å². The van der Waals surface area contributed by atoms with Crippen molar-refractivity contribution in [3.63, 3.8) is 0 Å². The molecule has 18 heavy (non-hydrogen) atoms. The molecule has 0 amide bonds. The van der Waals surface area contributed by atoms with E-state index in [2.05, 4.69) is 16.9 Å². The summed E-state index contributed by atoms with van der Waals surface area (Å²) in [6.07, 6.45) is 2.54. The van der Waals surface area contributed by atoms with Gasteiger partial charge in [0, 0.05) is 6.20 Å². The molecule has 0 aliphatic carbocycles. The van der Waals surface area contributed by atoms with Gasteiger partial charge >= 0.3 is 0 Å². The number of aryl methyl sites for hydroxylation is 2. The maximum absolute atomic E-state index is 9.23. The Morgan fingerprint density at radius 3 is 2.89 bits per heavy atom. The van der Waals surface area contributed by atoms with Gasteiger partial charge in [-0.3, -0.25) is 0 Å². The van der Waals surface area contributed by atoms with E-state index in [0.717, 1.165) is 12.2 Å². The predicted octanol–water partition coefficient (Wildman–Crippen LogP) is 2.63. The van der Waals surface area contributed by atoms with E-state index in [1.807, 2.05) is 24.3 Å². The van der Waals surface area contributed by atoms with Crippen LogP contribution in [0.3, 0.4) is 0 Å². The van der Waals surface area contributed by atoms with Gasteiger partial charge in [-0.1, -0.05) is 19.1 Å². The third-order valence-corrected chi connectivity index (χ3v) is 2.64. The Kier molecular flexibility index (Phi) is 3.89. The number of benzene rings is 1. The quantitative estimate of drug-likeness (QED) is 0.898. The second kappa shape index (κ2) is 5.60. The highest BCUT2D eigenvalue weighted by molar-refractivity contribution is 5.34. The maximum atomic E-state index is 9.23. The maximum Gasteiger partial charge on any atom is 0.228 e. The molecule has 0 bridgehead atoms.